The first-order valence-electron chi connectivity index (χ1n) is 12.2. The first kappa shape index (κ1) is 26.4. The van der Waals surface area contributed by atoms with Gasteiger partial charge in [-0.25, -0.2) is 13.2 Å². The van der Waals surface area contributed by atoms with Gasteiger partial charge in [-0.2, -0.15) is 4.72 Å². The second-order valence-electron chi connectivity index (χ2n) is 9.07. The van der Waals surface area contributed by atoms with Crippen molar-refractivity contribution in [3.05, 3.63) is 89.5 Å². The number of aliphatic carboxylic acids is 1. The van der Waals surface area contributed by atoms with Gasteiger partial charge in [-0.3, -0.25) is 4.79 Å². The van der Waals surface area contributed by atoms with E-state index in [0.717, 1.165) is 27.8 Å². The lowest BCUT2D eigenvalue weighted by molar-refractivity contribution is -0.139. The normalized spacial score (nSPS) is 13.4. The van der Waals surface area contributed by atoms with E-state index in [1.54, 1.807) is 12.1 Å². The van der Waals surface area contributed by atoms with E-state index in [0.29, 0.717) is 12.8 Å². The van der Waals surface area contributed by atoms with Crippen molar-refractivity contribution in [2.45, 2.75) is 43.0 Å². The van der Waals surface area contributed by atoms with E-state index in [1.165, 1.54) is 12.1 Å². The number of alkyl carbamates (subject to hydrolysis) is 1. The largest absolute Gasteiger partial charge is 0.480 e. The van der Waals surface area contributed by atoms with Crippen LogP contribution in [0, 0.1) is 6.92 Å². The average molecular weight is 523 g/mol. The molecule has 3 aromatic carbocycles. The lowest BCUT2D eigenvalue weighted by Crippen LogP contribution is -2.40. The van der Waals surface area contributed by atoms with Crippen LogP contribution >= 0.6 is 0 Å². The lowest BCUT2D eigenvalue weighted by Gasteiger charge is -2.16. The quantitative estimate of drug-likeness (QED) is 0.320. The number of hydrogen-bond donors (Lipinski definition) is 3. The van der Waals surface area contributed by atoms with Gasteiger partial charge in [0.2, 0.25) is 10.0 Å². The minimum Gasteiger partial charge on any atom is -0.480 e. The summed E-state index contributed by atoms with van der Waals surface area (Å²) in [5.74, 6) is -1.28. The van der Waals surface area contributed by atoms with Crippen molar-refractivity contribution in [3.63, 3.8) is 0 Å². The van der Waals surface area contributed by atoms with Gasteiger partial charge in [0.1, 0.15) is 12.6 Å². The number of benzene rings is 3. The summed E-state index contributed by atoms with van der Waals surface area (Å²) in [6.45, 7) is 2.33. The Morgan fingerprint density at radius 3 is 2.11 bits per heavy atom. The monoisotopic (exact) mass is 522 g/mol. The Morgan fingerprint density at radius 2 is 1.51 bits per heavy atom. The summed E-state index contributed by atoms with van der Waals surface area (Å²) >= 11 is 0. The Labute approximate surface area is 216 Å². The third-order valence-electron chi connectivity index (χ3n) is 6.46. The first-order chi connectivity index (χ1) is 17.8. The fourth-order valence-corrected chi connectivity index (χ4v) is 5.74. The van der Waals surface area contributed by atoms with Crippen LogP contribution in [0.15, 0.2) is 77.7 Å². The average Bonchev–Trinajstić information content (AvgIpc) is 3.20. The van der Waals surface area contributed by atoms with Gasteiger partial charge in [-0.15, -0.1) is 0 Å². The van der Waals surface area contributed by atoms with E-state index < -0.39 is 28.1 Å². The number of amides is 1. The Hall–Kier alpha value is -3.69. The topological polar surface area (TPSA) is 122 Å². The molecule has 1 atom stereocenters. The molecule has 194 valence electrons. The number of hydrogen-bond acceptors (Lipinski definition) is 5. The van der Waals surface area contributed by atoms with Gasteiger partial charge in [0.05, 0.1) is 4.90 Å². The molecule has 0 saturated carbocycles. The molecular formula is C28H30N2O6S. The van der Waals surface area contributed by atoms with Crippen LogP contribution in [0.1, 0.15) is 41.9 Å². The molecule has 0 heterocycles. The van der Waals surface area contributed by atoms with Crippen LogP contribution in [0.2, 0.25) is 0 Å². The lowest BCUT2D eigenvalue weighted by atomic mass is 9.98. The van der Waals surface area contributed by atoms with Crippen molar-refractivity contribution in [2.24, 2.45) is 0 Å². The third kappa shape index (κ3) is 6.36. The number of unbranched alkanes of at least 4 members (excludes halogenated alkanes) is 1. The second kappa shape index (κ2) is 11.6. The highest BCUT2D eigenvalue weighted by molar-refractivity contribution is 7.89. The van der Waals surface area contributed by atoms with E-state index in [2.05, 4.69) is 22.2 Å². The van der Waals surface area contributed by atoms with Crippen LogP contribution in [-0.2, 0) is 19.6 Å². The molecule has 1 unspecified atom stereocenters. The minimum absolute atomic E-state index is 0.0151. The standard InChI is InChI=1S/C28H30N2O6S/c1-19-13-15-20(16-14-19)37(34,35)30-26(27(31)32)12-6-7-17-29-28(33)36-18-25-23-10-4-2-8-21(23)22-9-3-5-11-24(22)25/h2-5,8-11,13-16,25-26,30H,6-7,12,17-18H2,1H3,(H,29,33)(H,31,32). The van der Waals surface area contributed by atoms with Crippen molar-refractivity contribution >= 4 is 22.1 Å². The van der Waals surface area contributed by atoms with Gasteiger partial charge in [0.25, 0.3) is 0 Å². The Kier molecular flexibility index (Phi) is 8.25. The number of nitrogens with one attached hydrogen (secondary N) is 2. The van der Waals surface area contributed by atoms with E-state index in [9.17, 15) is 23.1 Å². The molecule has 0 aliphatic heterocycles. The van der Waals surface area contributed by atoms with Crippen molar-refractivity contribution in [1.29, 1.82) is 0 Å². The van der Waals surface area contributed by atoms with Crippen LogP contribution in [0.5, 0.6) is 0 Å². The molecule has 8 nitrogen and oxygen atoms in total. The molecule has 4 rings (SSSR count). The van der Waals surface area contributed by atoms with E-state index in [1.807, 2.05) is 43.3 Å². The summed E-state index contributed by atoms with van der Waals surface area (Å²) < 4.78 is 32.8. The van der Waals surface area contributed by atoms with Crippen LogP contribution < -0.4 is 10.0 Å². The Morgan fingerprint density at radius 1 is 0.919 bits per heavy atom. The first-order valence-corrected chi connectivity index (χ1v) is 13.7. The molecule has 3 N–H and O–H groups in total. The summed E-state index contributed by atoms with van der Waals surface area (Å²) in [7, 11) is -3.96. The smallest absolute Gasteiger partial charge is 0.407 e. The number of carbonyl (C=O) groups is 2. The number of rotatable bonds is 11. The molecule has 37 heavy (non-hydrogen) atoms. The Balaban J connectivity index is 1.22. The number of carboxylic acids is 1. The molecule has 0 saturated heterocycles. The fraction of sp³-hybridized carbons (Fsp3) is 0.286. The Bertz CT molecular complexity index is 1330. The maximum Gasteiger partial charge on any atom is 0.407 e. The summed E-state index contributed by atoms with van der Waals surface area (Å²) in [4.78, 5) is 23.9. The zero-order valence-corrected chi connectivity index (χ0v) is 21.3. The zero-order chi connectivity index (χ0) is 26.4. The highest BCUT2D eigenvalue weighted by Gasteiger charge is 2.29. The number of carboxylic acid groups (broad SMARTS) is 1. The molecule has 0 aromatic heterocycles. The molecule has 1 aliphatic rings. The van der Waals surface area contributed by atoms with E-state index in [4.69, 9.17) is 4.74 Å². The summed E-state index contributed by atoms with van der Waals surface area (Å²) in [5, 5.41) is 12.2. The van der Waals surface area contributed by atoms with Crippen molar-refractivity contribution in [3.8, 4) is 11.1 Å². The number of sulfonamides is 1. The summed E-state index contributed by atoms with van der Waals surface area (Å²) in [5.41, 5.74) is 5.46. The van der Waals surface area contributed by atoms with Crippen molar-refractivity contribution < 1.29 is 27.9 Å². The highest BCUT2D eigenvalue weighted by Crippen LogP contribution is 2.44. The second-order valence-corrected chi connectivity index (χ2v) is 10.8. The predicted molar refractivity (Wildman–Crippen MR) is 140 cm³/mol. The van der Waals surface area contributed by atoms with Gasteiger partial charge in [0.15, 0.2) is 0 Å². The molecule has 9 heteroatoms. The minimum atomic E-state index is -3.96. The maximum atomic E-state index is 12.5. The number of aryl methyl sites for hydroxylation is 1. The molecular weight excluding hydrogens is 492 g/mol. The van der Waals surface area contributed by atoms with Crippen molar-refractivity contribution in [1.82, 2.24) is 10.0 Å². The molecule has 1 aliphatic carbocycles. The van der Waals surface area contributed by atoms with Gasteiger partial charge >= 0.3 is 12.1 Å². The number of fused-ring (bicyclic) bond motifs is 3. The molecule has 0 radical (unpaired) electrons. The maximum absolute atomic E-state index is 12.5. The van der Waals surface area contributed by atoms with Gasteiger partial charge in [-0.1, -0.05) is 66.2 Å². The summed E-state index contributed by atoms with van der Waals surface area (Å²) in [6.07, 6.45) is 0.418. The van der Waals surface area contributed by atoms with Gasteiger partial charge in [0, 0.05) is 12.5 Å². The van der Waals surface area contributed by atoms with E-state index >= 15 is 0 Å². The summed E-state index contributed by atoms with van der Waals surface area (Å²) in [6, 6.07) is 21.1. The molecule has 0 bridgehead atoms. The molecule has 0 fully saturated rings. The van der Waals surface area contributed by atoms with Crippen LogP contribution in [-0.4, -0.2) is 44.8 Å². The molecule has 0 spiro atoms. The molecule has 3 aromatic rings. The molecule has 1 amide bonds. The van der Waals surface area contributed by atoms with Crippen LogP contribution in [0.25, 0.3) is 11.1 Å². The zero-order valence-electron chi connectivity index (χ0n) is 20.5. The van der Waals surface area contributed by atoms with Gasteiger partial charge in [-0.05, 0) is 60.6 Å². The fourth-order valence-electron chi connectivity index (χ4n) is 4.52. The number of ether oxygens (including phenoxy) is 1. The van der Waals surface area contributed by atoms with Crippen LogP contribution in [0.4, 0.5) is 4.79 Å². The van der Waals surface area contributed by atoms with Crippen molar-refractivity contribution in [2.75, 3.05) is 13.2 Å². The third-order valence-corrected chi connectivity index (χ3v) is 7.95. The van der Waals surface area contributed by atoms with E-state index in [-0.39, 0.29) is 30.4 Å². The number of carbonyl (C=O) groups excluding carboxylic acids is 1. The predicted octanol–water partition coefficient (Wildman–Crippen LogP) is 4.44. The highest BCUT2D eigenvalue weighted by atomic mass is 32.2. The van der Waals surface area contributed by atoms with Crippen LogP contribution in [0.3, 0.4) is 0 Å². The van der Waals surface area contributed by atoms with Gasteiger partial charge < -0.3 is 15.2 Å². The SMILES string of the molecule is Cc1ccc(S(=O)(=O)NC(CCCCNC(=O)OCC2c3ccccc3-c3ccccc32)C(=O)O)cc1.